The van der Waals surface area contributed by atoms with Crippen LogP contribution in [0.15, 0.2) is 18.2 Å². The van der Waals surface area contributed by atoms with Crippen molar-refractivity contribution in [2.75, 3.05) is 0 Å². The summed E-state index contributed by atoms with van der Waals surface area (Å²) in [4.78, 5) is 0. The van der Waals surface area contributed by atoms with E-state index >= 15 is 0 Å². The van der Waals surface area contributed by atoms with Crippen LogP contribution in [0.4, 0.5) is 0 Å². The summed E-state index contributed by atoms with van der Waals surface area (Å²) in [7, 11) is 0. The summed E-state index contributed by atoms with van der Waals surface area (Å²) < 4.78 is 0. The molecule has 2 saturated carbocycles. The first-order valence-corrected chi connectivity index (χ1v) is 6.51. The molecule has 1 nitrogen and oxygen atoms in total. The summed E-state index contributed by atoms with van der Waals surface area (Å²) in [6.45, 7) is 2.03. The summed E-state index contributed by atoms with van der Waals surface area (Å²) in [5.41, 5.74) is 1.50. The number of rotatable bonds is 1. The monoisotopic (exact) mass is 236 g/mol. The fourth-order valence-corrected chi connectivity index (χ4v) is 3.82. The molecule has 1 N–H and O–H groups in total. The quantitative estimate of drug-likeness (QED) is 0.789. The third kappa shape index (κ3) is 1.34. The zero-order chi connectivity index (χ0) is 11.3. The first-order valence-electron chi connectivity index (χ1n) is 6.13. The van der Waals surface area contributed by atoms with Gasteiger partial charge < -0.3 is 5.11 Å². The van der Waals surface area contributed by atoms with Crippen LogP contribution in [0.3, 0.4) is 0 Å². The molecule has 0 spiro atoms. The van der Waals surface area contributed by atoms with Crippen LogP contribution in [-0.4, -0.2) is 5.11 Å². The molecular weight excluding hydrogens is 220 g/mol. The van der Waals surface area contributed by atoms with E-state index in [2.05, 4.69) is 0 Å². The van der Waals surface area contributed by atoms with Gasteiger partial charge in [0, 0.05) is 10.6 Å². The van der Waals surface area contributed by atoms with E-state index in [-0.39, 0.29) is 0 Å². The maximum atomic E-state index is 10.7. The molecule has 1 aromatic carbocycles. The van der Waals surface area contributed by atoms with Crippen LogP contribution in [-0.2, 0) is 5.60 Å². The molecule has 2 fully saturated rings. The van der Waals surface area contributed by atoms with E-state index in [1.807, 2.05) is 25.1 Å². The van der Waals surface area contributed by atoms with Gasteiger partial charge in [0.05, 0.1) is 5.60 Å². The Labute approximate surface area is 101 Å². The molecule has 0 radical (unpaired) electrons. The molecule has 0 aliphatic heterocycles. The second-order valence-electron chi connectivity index (χ2n) is 5.31. The van der Waals surface area contributed by atoms with Crippen LogP contribution in [0, 0.1) is 18.8 Å². The molecule has 2 aliphatic rings. The Kier molecular flexibility index (Phi) is 2.31. The largest absolute Gasteiger partial charge is 0.385 e. The third-order valence-electron chi connectivity index (χ3n) is 4.34. The molecule has 2 aliphatic carbocycles. The second-order valence-corrected chi connectivity index (χ2v) is 5.71. The Bertz CT molecular complexity index is 415. The molecule has 2 unspecified atom stereocenters. The number of hydrogen-bond acceptors (Lipinski definition) is 1. The highest BCUT2D eigenvalue weighted by atomic mass is 35.5. The van der Waals surface area contributed by atoms with Crippen molar-refractivity contribution < 1.29 is 5.11 Å². The zero-order valence-corrected chi connectivity index (χ0v) is 10.3. The van der Waals surface area contributed by atoms with Crippen molar-refractivity contribution in [3.8, 4) is 0 Å². The lowest BCUT2D eigenvalue weighted by Crippen LogP contribution is -2.11. The first-order chi connectivity index (χ1) is 7.64. The predicted molar refractivity (Wildman–Crippen MR) is 65.5 cm³/mol. The van der Waals surface area contributed by atoms with Gasteiger partial charge >= 0.3 is 0 Å². The molecule has 3 rings (SSSR count). The number of aryl methyl sites for hydroxylation is 1. The molecule has 0 saturated heterocycles. The Morgan fingerprint density at radius 2 is 1.88 bits per heavy atom. The van der Waals surface area contributed by atoms with E-state index < -0.39 is 5.60 Å². The fourth-order valence-electron chi connectivity index (χ4n) is 3.44. The number of halogens is 1. The van der Waals surface area contributed by atoms with Gasteiger partial charge in [0.2, 0.25) is 0 Å². The summed E-state index contributed by atoms with van der Waals surface area (Å²) in [5, 5.41) is 11.5. The highest BCUT2D eigenvalue weighted by Crippen LogP contribution is 2.65. The topological polar surface area (TPSA) is 20.2 Å². The van der Waals surface area contributed by atoms with E-state index in [9.17, 15) is 5.11 Å². The standard InChI is InChI=1S/C14H17ClO/c1-9-6-7-12(13(15)8-9)14(16)10-4-2-3-5-11(10)14/h6-8,10-11,16H,2-5H2,1H3. The van der Waals surface area contributed by atoms with Crippen molar-refractivity contribution in [3.63, 3.8) is 0 Å². The Balaban J connectivity index is 1.98. The van der Waals surface area contributed by atoms with Gasteiger partial charge in [-0.15, -0.1) is 0 Å². The van der Waals surface area contributed by atoms with Crippen LogP contribution >= 0.6 is 11.6 Å². The van der Waals surface area contributed by atoms with E-state index in [0.29, 0.717) is 11.8 Å². The van der Waals surface area contributed by atoms with Gasteiger partial charge in [-0.1, -0.05) is 36.6 Å². The molecule has 16 heavy (non-hydrogen) atoms. The van der Waals surface area contributed by atoms with E-state index in [1.54, 1.807) is 0 Å². The first kappa shape index (κ1) is 10.6. The van der Waals surface area contributed by atoms with Crippen molar-refractivity contribution in [1.29, 1.82) is 0 Å². The molecule has 2 atom stereocenters. The average molecular weight is 237 g/mol. The SMILES string of the molecule is Cc1ccc(C2(O)C3CCCCC32)c(Cl)c1. The lowest BCUT2D eigenvalue weighted by Gasteiger charge is -2.13. The zero-order valence-electron chi connectivity index (χ0n) is 9.54. The van der Waals surface area contributed by atoms with Gasteiger partial charge in [-0.05, 0) is 43.2 Å². The summed E-state index contributed by atoms with van der Waals surface area (Å²) in [6, 6.07) is 6.01. The average Bonchev–Trinajstić information content (AvgIpc) is 2.86. The fraction of sp³-hybridized carbons (Fsp3) is 0.571. The smallest absolute Gasteiger partial charge is 0.0974 e. The van der Waals surface area contributed by atoms with Crippen LogP contribution in [0.25, 0.3) is 0 Å². The van der Waals surface area contributed by atoms with Crippen LogP contribution < -0.4 is 0 Å². The molecule has 1 aromatic rings. The van der Waals surface area contributed by atoms with Crippen molar-refractivity contribution in [3.05, 3.63) is 34.3 Å². The van der Waals surface area contributed by atoms with Crippen LogP contribution in [0.2, 0.25) is 5.02 Å². The lowest BCUT2D eigenvalue weighted by atomic mass is 10.0. The van der Waals surface area contributed by atoms with Gasteiger partial charge in [-0.25, -0.2) is 0 Å². The minimum Gasteiger partial charge on any atom is -0.385 e. The molecule has 0 aromatic heterocycles. The van der Waals surface area contributed by atoms with Crippen molar-refractivity contribution in [2.45, 2.75) is 38.2 Å². The Morgan fingerprint density at radius 1 is 1.25 bits per heavy atom. The number of benzene rings is 1. The van der Waals surface area contributed by atoms with E-state index in [0.717, 1.165) is 29.0 Å². The van der Waals surface area contributed by atoms with Crippen LogP contribution in [0.5, 0.6) is 0 Å². The Morgan fingerprint density at radius 3 is 2.44 bits per heavy atom. The molecule has 2 heteroatoms. The number of hydrogen-bond donors (Lipinski definition) is 1. The lowest BCUT2D eigenvalue weighted by molar-refractivity contribution is 0.118. The van der Waals surface area contributed by atoms with E-state index in [1.165, 1.54) is 12.8 Å². The summed E-state index contributed by atoms with van der Waals surface area (Å²) in [5.74, 6) is 0.919. The van der Waals surface area contributed by atoms with Crippen molar-refractivity contribution >= 4 is 11.6 Å². The van der Waals surface area contributed by atoms with Gasteiger partial charge in [0.15, 0.2) is 0 Å². The van der Waals surface area contributed by atoms with Gasteiger partial charge in [-0.3, -0.25) is 0 Å². The molecular formula is C14H17ClO. The Hall–Kier alpha value is -0.530. The summed E-state index contributed by atoms with van der Waals surface area (Å²) >= 11 is 6.26. The highest BCUT2D eigenvalue weighted by molar-refractivity contribution is 6.31. The third-order valence-corrected chi connectivity index (χ3v) is 4.66. The molecule has 0 heterocycles. The van der Waals surface area contributed by atoms with E-state index in [4.69, 9.17) is 11.6 Å². The summed E-state index contributed by atoms with van der Waals surface area (Å²) in [6.07, 6.45) is 4.83. The molecule has 86 valence electrons. The minimum atomic E-state index is -0.610. The van der Waals surface area contributed by atoms with Gasteiger partial charge in [-0.2, -0.15) is 0 Å². The minimum absolute atomic E-state index is 0.460. The van der Waals surface area contributed by atoms with Crippen LogP contribution in [0.1, 0.15) is 36.8 Å². The molecule has 0 amide bonds. The number of aliphatic hydroxyl groups is 1. The van der Waals surface area contributed by atoms with Gasteiger partial charge in [0.1, 0.15) is 0 Å². The maximum Gasteiger partial charge on any atom is 0.0974 e. The van der Waals surface area contributed by atoms with Crippen molar-refractivity contribution in [2.24, 2.45) is 11.8 Å². The predicted octanol–water partition coefficient (Wildman–Crippen LogP) is 3.66. The molecule has 0 bridgehead atoms. The number of fused-ring (bicyclic) bond motifs is 1. The van der Waals surface area contributed by atoms with Gasteiger partial charge in [0.25, 0.3) is 0 Å². The van der Waals surface area contributed by atoms with Crippen molar-refractivity contribution in [1.82, 2.24) is 0 Å². The maximum absolute atomic E-state index is 10.7. The normalized spacial score (nSPS) is 36.9. The second kappa shape index (κ2) is 3.48. The highest BCUT2D eigenvalue weighted by Gasteiger charge is 2.65.